The van der Waals surface area contributed by atoms with Gasteiger partial charge >= 0.3 is 6.18 Å². The average molecular weight is 565 g/mol. The molecule has 5 nitrogen and oxygen atoms in total. The molecular weight excluding hydrogens is 524 g/mol. The van der Waals surface area contributed by atoms with Crippen LogP contribution >= 0.6 is 0 Å². The number of rotatable bonds is 15. The van der Waals surface area contributed by atoms with Crippen molar-refractivity contribution in [2.45, 2.75) is 52.1 Å². The summed E-state index contributed by atoms with van der Waals surface area (Å²) in [5.41, 5.74) is 0.0257. The molecule has 0 aromatic heterocycles. The number of aryl methyl sites for hydroxylation is 1. The summed E-state index contributed by atoms with van der Waals surface area (Å²) in [6, 6.07) is 5.78. The van der Waals surface area contributed by atoms with E-state index in [4.69, 9.17) is 4.74 Å². The number of ketones is 1. The van der Waals surface area contributed by atoms with Gasteiger partial charge in [-0.2, -0.15) is 13.2 Å². The predicted molar refractivity (Wildman–Crippen MR) is 150 cm³/mol. The predicted octanol–water partition coefficient (Wildman–Crippen LogP) is 5.12. The first-order valence-corrected chi connectivity index (χ1v) is 13.5. The van der Waals surface area contributed by atoms with Crippen LogP contribution in [0.1, 0.15) is 70.9 Å². The Bertz CT molecular complexity index is 1260. The van der Waals surface area contributed by atoms with E-state index in [0.717, 1.165) is 53.9 Å². The summed E-state index contributed by atoms with van der Waals surface area (Å²) in [5.74, 6) is -1.50. The summed E-state index contributed by atoms with van der Waals surface area (Å²) in [5, 5.41) is 4.56. The number of nitrogens with zero attached hydrogens (tertiary/aromatic N) is 1. The number of nitrogens with one attached hydrogen (secondary N) is 1. The summed E-state index contributed by atoms with van der Waals surface area (Å²) in [7, 11) is 3.57. The summed E-state index contributed by atoms with van der Waals surface area (Å²) < 4.78 is 57.5. The molecule has 0 saturated carbocycles. The number of alkyl halides is 3. The van der Waals surface area contributed by atoms with Crippen LogP contribution in [0.5, 0.6) is 0 Å². The standard InChI is InChI=1S/C31H40F4N2O3/c1-6-8-23(9-7-10-29(38)26-12-11-25(19-28(26)32)31(33,34)35)20-37(4)15-13-24-18-27(22(3)17-21(24)2)30(39)36-14-16-40-5/h11-13,17-19,23H,2,6-10,14-16,20H2,1,3-5H3,(H,36,39)/b24-13-. The van der Waals surface area contributed by atoms with Gasteiger partial charge in [0.2, 0.25) is 0 Å². The van der Waals surface area contributed by atoms with E-state index in [9.17, 15) is 27.2 Å². The normalized spacial score (nSPS) is 13.1. The van der Waals surface area contributed by atoms with Gasteiger partial charge in [0.1, 0.15) is 5.82 Å². The first kappa shape index (κ1) is 33.2. The fourth-order valence-electron chi connectivity index (χ4n) is 4.69. The highest BCUT2D eigenvalue weighted by molar-refractivity contribution is 5.96. The van der Waals surface area contributed by atoms with Crippen molar-refractivity contribution < 1.29 is 31.9 Å². The van der Waals surface area contributed by atoms with Crippen LogP contribution in [-0.2, 0) is 10.9 Å². The Morgan fingerprint density at radius 3 is 2.50 bits per heavy atom. The third-order valence-electron chi connectivity index (χ3n) is 6.83. The first-order chi connectivity index (χ1) is 18.9. The lowest BCUT2D eigenvalue weighted by Gasteiger charge is -2.23. The van der Waals surface area contributed by atoms with Crippen LogP contribution in [0.25, 0.3) is 12.7 Å². The van der Waals surface area contributed by atoms with Gasteiger partial charge in [0.05, 0.1) is 17.7 Å². The van der Waals surface area contributed by atoms with Gasteiger partial charge in [0.15, 0.2) is 5.78 Å². The van der Waals surface area contributed by atoms with E-state index in [1.54, 1.807) is 7.11 Å². The lowest BCUT2D eigenvalue weighted by molar-refractivity contribution is -0.137. The minimum Gasteiger partial charge on any atom is -0.383 e. The van der Waals surface area contributed by atoms with Crippen molar-refractivity contribution in [1.29, 1.82) is 0 Å². The fourth-order valence-corrected chi connectivity index (χ4v) is 4.69. The second kappa shape index (κ2) is 15.7. The quantitative estimate of drug-likeness (QED) is 0.185. The largest absolute Gasteiger partial charge is 0.416 e. The van der Waals surface area contributed by atoms with Crippen molar-refractivity contribution in [2.24, 2.45) is 5.92 Å². The van der Waals surface area contributed by atoms with Crippen LogP contribution < -0.4 is 15.8 Å². The zero-order valence-corrected chi connectivity index (χ0v) is 23.8. The first-order valence-electron chi connectivity index (χ1n) is 13.5. The number of carbonyl (C=O) groups excluding carboxylic acids is 2. The molecule has 1 N–H and O–H groups in total. The van der Waals surface area contributed by atoms with E-state index in [2.05, 4.69) is 23.7 Å². The zero-order valence-electron chi connectivity index (χ0n) is 23.8. The molecule has 0 fully saturated rings. The number of methoxy groups -OCH3 is 1. The highest BCUT2D eigenvalue weighted by Gasteiger charge is 2.31. The molecular formula is C31H40F4N2O3. The smallest absolute Gasteiger partial charge is 0.383 e. The molecule has 0 radical (unpaired) electrons. The third kappa shape index (κ3) is 10.2. The molecule has 40 heavy (non-hydrogen) atoms. The molecule has 0 saturated heterocycles. The molecule has 2 aromatic rings. The molecule has 0 aliphatic carbocycles. The van der Waals surface area contributed by atoms with E-state index >= 15 is 0 Å². The maximum Gasteiger partial charge on any atom is 0.416 e. The second-order valence-electron chi connectivity index (χ2n) is 10.2. The molecule has 2 rings (SSSR count). The van der Waals surface area contributed by atoms with Gasteiger partial charge in [-0.25, -0.2) is 4.39 Å². The monoisotopic (exact) mass is 564 g/mol. The molecule has 1 unspecified atom stereocenters. The van der Waals surface area contributed by atoms with Crippen molar-refractivity contribution in [3.63, 3.8) is 0 Å². The highest BCUT2D eigenvalue weighted by atomic mass is 19.4. The third-order valence-corrected chi connectivity index (χ3v) is 6.83. The molecule has 220 valence electrons. The molecule has 0 bridgehead atoms. The SMILES string of the molecule is C=c1cc(C)c(C(=O)NCCOC)c/c1=C/CN(C)CC(CCC)CCCC(=O)c1ccc(C(F)(F)F)cc1F. The Labute approximate surface area is 233 Å². The Morgan fingerprint density at radius 1 is 1.15 bits per heavy atom. The van der Waals surface area contributed by atoms with Crippen molar-refractivity contribution in [2.75, 3.05) is 40.4 Å². The Morgan fingerprint density at radius 2 is 1.88 bits per heavy atom. The summed E-state index contributed by atoms with van der Waals surface area (Å²) >= 11 is 0. The number of halogens is 4. The van der Waals surface area contributed by atoms with E-state index in [-0.39, 0.29) is 17.9 Å². The van der Waals surface area contributed by atoms with Gasteiger partial charge in [-0.1, -0.05) is 32.1 Å². The number of Topliss-reactive ketones (excluding diaryl/α,β-unsaturated/α-hetero) is 1. The fraction of sp³-hybridized carbons (Fsp3) is 0.484. The van der Waals surface area contributed by atoms with E-state index in [1.165, 1.54) is 0 Å². The summed E-state index contributed by atoms with van der Waals surface area (Å²) in [4.78, 5) is 27.2. The number of hydrogen-bond donors (Lipinski definition) is 1. The Kier molecular flexibility index (Phi) is 13.0. The van der Waals surface area contributed by atoms with Crippen LogP contribution in [0.3, 0.4) is 0 Å². The Hall–Kier alpha value is -3.04. The van der Waals surface area contributed by atoms with Gasteiger partial charge < -0.3 is 15.0 Å². The van der Waals surface area contributed by atoms with E-state index in [1.807, 2.05) is 32.2 Å². The lowest BCUT2D eigenvalue weighted by Crippen LogP contribution is -2.33. The molecule has 0 aliphatic heterocycles. The average Bonchev–Trinajstić information content (AvgIpc) is 2.87. The number of ether oxygens (including phenoxy) is 1. The van der Waals surface area contributed by atoms with E-state index in [0.29, 0.717) is 43.7 Å². The van der Waals surface area contributed by atoms with Gasteiger partial charge in [-0.15, -0.1) is 0 Å². The summed E-state index contributed by atoms with van der Waals surface area (Å²) in [6.07, 6.45) is 0.619. The van der Waals surface area contributed by atoms with Crippen molar-refractivity contribution in [3.8, 4) is 0 Å². The number of amides is 1. The number of hydrogen-bond acceptors (Lipinski definition) is 4. The van der Waals surface area contributed by atoms with Crippen LogP contribution in [-0.4, -0.2) is 57.0 Å². The minimum absolute atomic E-state index is 0.0712. The molecule has 0 spiro atoms. The van der Waals surface area contributed by atoms with Crippen molar-refractivity contribution in [1.82, 2.24) is 10.2 Å². The zero-order chi connectivity index (χ0) is 29.9. The van der Waals surface area contributed by atoms with Gasteiger partial charge in [-0.3, -0.25) is 9.59 Å². The van der Waals surface area contributed by atoms with Crippen molar-refractivity contribution in [3.05, 3.63) is 68.8 Å². The van der Waals surface area contributed by atoms with Gasteiger partial charge in [0, 0.05) is 38.7 Å². The molecule has 2 aromatic carbocycles. The molecule has 1 atom stereocenters. The maximum atomic E-state index is 14.2. The summed E-state index contributed by atoms with van der Waals surface area (Å²) in [6.45, 7) is 10.3. The van der Waals surface area contributed by atoms with Crippen LogP contribution in [0.4, 0.5) is 17.6 Å². The highest BCUT2D eigenvalue weighted by Crippen LogP contribution is 2.30. The number of benzene rings is 2. The Balaban J connectivity index is 1.98. The lowest BCUT2D eigenvalue weighted by atomic mass is 9.94. The van der Waals surface area contributed by atoms with Crippen LogP contribution in [0.2, 0.25) is 0 Å². The second-order valence-corrected chi connectivity index (χ2v) is 10.2. The molecule has 0 heterocycles. The van der Waals surface area contributed by atoms with Gasteiger partial charge in [0.25, 0.3) is 5.91 Å². The molecule has 9 heteroatoms. The van der Waals surface area contributed by atoms with Gasteiger partial charge in [-0.05, 0) is 79.4 Å². The number of carbonyl (C=O) groups is 2. The van der Waals surface area contributed by atoms with Crippen LogP contribution in [0.15, 0.2) is 30.3 Å². The molecule has 0 aliphatic rings. The molecule has 1 amide bonds. The maximum absolute atomic E-state index is 14.2. The van der Waals surface area contributed by atoms with Crippen molar-refractivity contribution >= 4 is 24.3 Å². The minimum atomic E-state index is -4.66. The van der Waals surface area contributed by atoms with E-state index < -0.39 is 23.3 Å². The van der Waals surface area contributed by atoms with Crippen LogP contribution in [0, 0.1) is 18.7 Å². The topological polar surface area (TPSA) is 58.6 Å².